The van der Waals surface area contributed by atoms with Crippen LogP contribution in [0.1, 0.15) is 22.6 Å². The van der Waals surface area contributed by atoms with Crippen molar-refractivity contribution in [3.05, 3.63) is 129 Å². The van der Waals surface area contributed by atoms with E-state index in [1.807, 2.05) is 0 Å². The number of aliphatic imine (C=N–C) groups is 2. The second-order valence-electron chi connectivity index (χ2n) is 10.7. The van der Waals surface area contributed by atoms with Crippen LogP contribution in [-0.2, 0) is 39.5 Å². The third-order valence-electron chi connectivity index (χ3n) is 6.68. The number of rotatable bonds is 10. The van der Waals surface area contributed by atoms with E-state index in [2.05, 4.69) is 61.6 Å². The van der Waals surface area contributed by atoms with Gasteiger partial charge in [0.05, 0.1) is 21.2 Å². The summed E-state index contributed by atoms with van der Waals surface area (Å²) in [5, 5.41) is 30.7. The molecule has 2 aromatic heterocycles. The topological polar surface area (TPSA) is 278 Å². The number of halogens is 2. The summed E-state index contributed by atoms with van der Waals surface area (Å²) in [5.74, 6) is 0.923. The van der Waals surface area contributed by atoms with Crippen molar-refractivity contribution < 1.29 is 66.5 Å². The fourth-order valence-electron chi connectivity index (χ4n) is 4.17. The molecule has 0 saturated carbocycles. The molecule has 0 spiro atoms. The van der Waals surface area contributed by atoms with Crippen LogP contribution in [0, 0.1) is 13.8 Å². The van der Waals surface area contributed by atoms with Crippen LogP contribution in [0.25, 0.3) is 0 Å². The van der Waals surface area contributed by atoms with Gasteiger partial charge in [0.15, 0.2) is 11.6 Å². The number of aryl methyl sites for hydroxylation is 2. The Morgan fingerprint density at radius 1 is 0.600 bits per heavy atom. The van der Waals surface area contributed by atoms with Crippen LogP contribution in [0.15, 0.2) is 135 Å². The van der Waals surface area contributed by atoms with Gasteiger partial charge in [0, 0.05) is 33.5 Å². The minimum atomic E-state index is -3.78. The van der Waals surface area contributed by atoms with Crippen LogP contribution in [0.3, 0.4) is 0 Å². The summed E-state index contributed by atoms with van der Waals surface area (Å²) in [6, 6.07) is 24.3. The van der Waals surface area contributed by atoms with Gasteiger partial charge in [-0.05, 0) is 97.8 Å². The molecule has 21 heteroatoms. The van der Waals surface area contributed by atoms with Crippen LogP contribution in [0.5, 0.6) is 11.5 Å². The maximum absolute atomic E-state index is 12.3. The molecule has 6 aromatic rings. The maximum atomic E-state index is 12.3. The fraction of sp³-hybridized carbons (Fsp3) is 0.0588. The molecule has 6 N–H and O–H groups in total. The van der Waals surface area contributed by atoms with Crippen LogP contribution in [-0.4, -0.2) is 50.5 Å². The van der Waals surface area contributed by atoms with Crippen LogP contribution < -0.4 is 19.7 Å². The molecule has 6 rings (SSSR count). The van der Waals surface area contributed by atoms with E-state index in [9.17, 15) is 27.0 Å². The number of anilines is 2. The number of nitrogens with one attached hydrogen (secondary N) is 2. The van der Waals surface area contributed by atoms with Gasteiger partial charge in [-0.3, -0.25) is 19.4 Å². The summed E-state index contributed by atoms with van der Waals surface area (Å²) >= 11 is 6.59. The first kappa shape index (κ1) is 46.4. The summed E-state index contributed by atoms with van der Waals surface area (Å²) in [7, 11) is -7.55. The Labute approximate surface area is 345 Å². The molecule has 0 saturated heterocycles. The van der Waals surface area contributed by atoms with Crippen molar-refractivity contribution in [1.82, 2.24) is 10.3 Å². The van der Waals surface area contributed by atoms with Crippen molar-refractivity contribution in [2.75, 3.05) is 9.44 Å². The van der Waals surface area contributed by atoms with Gasteiger partial charge >= 0.3 is 19.5 Å². The zero-order valence-corrected chi connectivity index (χ0v) is 36.5. The van der Waals surface area contributed by atoms with Gasteiger partial charge < -0.3 is 30.2 Å². The average Bonchev–Trinajstić information content (AvgIpc) is 3.71. The van der Waals surface area contributed by atoms with Crippen molar-refractivity contribution in [3.8, 4) is 11.5 Å². The Balaban J connectivity index is 0.000000360. The molecule has 16 nitrogen and oxygen atoms in total. The van der Waals surface area contributed by atoms with Crippen LogP contribution in [0.4, 0.5) is 23.0 Å². The van der Waals surface area contributed by atoms with Gasteiger partial charge in [0.25, 0.3) is 20.0 Å². The Hall–Kier alpha value is -4.76. The number of sulfonamides is 2. The van der Waals surface area contributed by atoms with E-state index in [4.69, 9.17) is 9.05 Å². The summed E-state index contributed by atoms with van der Waals surface area (Å²) in [5.41, 5.74) is 1.89. The number of hydrogen-bond donors (Lipinski definition) is 2. The molecule has 0 radical (unpaired) electrons. The SMILES string of the molecule is Cc1cc(NS(=O)(=O)c2ccc(N=Cc3cc(Br)ccc3[O-])cc2)no1.Cc1cc(NS(=O)(=O)c2ccc(N=Cc3cc(Br)ccc3[O-])cc2)no1.O.O.[Zn+2]. The number of hydrogen-bond acceptors (Lipinski definition) is 12. The molecule has 0 amide bonds. The third-order valence-corrected chi connectivity index (χ3v) is 10.4. The average molecular weight is 972 g/mol. The van der Waals surface area contributed by atoms with E-state index < -0.39 is 20.0 Å². The van der Waals surface area contributed by atoms with Crippen LogP contribution in [0.2, 0.25) is 0 Å². The first-order chi connectivity index (χ1) is 24.7. The second-order valence-corrected chi connectivity index (χ2v) is 15.9. The van der Waals surface area contributed by atoms with E-state index >= 15 is 0 Å². The van der Waals surface area contributed by atoms with E-state index in [0.29, 0.717) is 34.0 Å². The molecule has 0 bridgehead atoms. The van der Waals surface area contributed by atoms with Gasteiger partial charge in [-0.15, -0.1) is 0 Å². The predicted molar refractivity (Wildman–Crippen MR) is 206 cm³/mol. The van der Waals surface area contributed by atoms with Gasteiger partial charge in [0.2, 0.25) is 0 Å². The van der Waals surface area contributed by atoms with Gasteiger partial charge in [-0.2, -0.15) is 0 Å². The molecule has 284 valence electrons. The maximum Gasteiger partial charge on any atom is 2.00 e. The molecule has 0 fully saturated rings. The van der Waals surface area contributed by atoms with E-state index in [0.717, 1.165) is 8.95 Å². The van der Waals surface area contributed by atoms with Gasteiger partial charge in [-0.1, -0.05) is 65.8 Å². The zero-order valence-electron chi connectivity index (χ0n) is 28.7. The number of aromatic nitrogens is 2. The molecule has 0 aliphatic rings. The van der Waals surface area contributed by atoms with Gasteiger partial charge in [0.1, 0.15) is 11.5 Å². The van der Waals surface area contributed by atoms with Crippen molar-refractivity contribution in [3.63, 3.8) is 0 Å². The first-order valence-corrected chi connectivity index (χ1v) is 19.4. The summed E-state index contributed by atoms with van der Waals surface area (Å²) in [6.07, 6.45) is 2.88. The molecular weight excluding hydrogens is 942 g/mol. The summed E-state index contributed by atoms with van der Waals surface area (Å²) < 4.78 is 65.1. The third kappa shape index (κ3) is 13.2. The monoisotopic (exact) mass is 968 g/mol. The van der Waals surface area contributed by atoms with Crippen molar-refractivity contribution in [2.24, 2.45) is 9.98 Å². The molecule has 55 heavy (non-hydrogen) atoms. The van der Waals surface area contributed by atoms with E-state index in [-0.39, 0.29) is 63.4 Å². The van der Waals surface area contributed by atoms with Crippen molar-refractivity contribution in [1.29, 1.82) is 0 Å². The largest absolute Gasteiger partial charge is 2.00 e. The quantitative estimate of drug-likeness (QED) is 0.135. The number of nitrogens with zero attached hydrogens (tertiary/aromatic N) is 4. The van der Waals surface area contributed by atoms with Crippen molar-refractivity contribution >= 4 is 87.3 Å². The first-order valence-electron chi connectivity index (χ1n) is 14.8. The summed E-state index contributed by atoms with van der Waals surface area (Å²) in [6.45, 7) is 3.33. The van der Waals surface area contributed by atoms with Crippen LogP contribution >= 0.6 is 31.9 Å². The Kier molecular flexibility index (Phi) is 17.1. The molecule has 0 aliphatic heterocycles. The molecule has 0 aliphatic carbocycles. The van der Waals surface area contributed by atoms with Gasteiger partial charge in [-0.25, -0.2) is 16.8 Å². The number of benzene rings is 4. The normalized spacial score (nSPS) is 11.1. The molecular formula is C34H30Br2N6O10S2Zn. The molecule has 4 aromatic carbocycles. The standard InChI is InChI=1S/2C17H14BrN3O4S.2H2O.Zn/c2*1-11-8-17(20-25-11)21-26(23,24)15-5-3-14(4-6-15)19-10-12-9-13(18)2-7-16(12)22;;;/h2*2-10,22H,1H3,(H,20,21);2*1H2;/q;;;;+2/p-2. The second kappa shape index (κ2) is 20.2. The Morgan fingerprint density at radius 2 is 0.945 bits per heavy atom. The summed E-state index contributed by atoms with van der Waals surface area (Å²) in [4.78, 5) is 8.52. The minimum absolute atomic E-state index is 0. The Morgan fingerprint density at radius 3 is 1.25 bits per heavy atom. The minimum Gasteiger partial charge on any atom is -0.872 e. The predicted octanol–water partition coefficient (Wildman–Crippen LogP) is 5.09. The Bertz CT molecular complexity index is 2310. The van der Waals surface area contributed by atoms with Crippen molar-refractivity contribution in [2.45, 2.75) is 23.6 Å². The molecule has 2 heterocycles. The molecule has 0 atom stereocenters. The molecule has 0 unspecified atom stereocenters. The van der Waals surface area contributed by atoms with E-state index in [1.54, 1.807) is 62.4 Å². The van der Waals surface area contributed by atoms with E-state index in [1.165, 1.54) is 61.0 Å². The smallest absolute Gasteiger partial charge is 0.872 e. The fourth-order valence-corrected chi connectivity index (χ4v) is 6.90. The zero-order chi connectivity index (χ0) is 37.5.